The zero-order chi connectivity index (χ0) is 19.5. The van der Waals surface area contributed by atoms with E-state index in [0.717, 1.165) is 29.1 Å². The number of hydrogen-bond donors (Lipinski definition) is 0. The summed E-state index contributed by atoms with van der Waals surface area (Å²) >= 11 is 2.88. The van der Waals surface area contributed by atoms with Gasteiger partial charge in [0.25, 0.3) is 0 Å². The molecule has 0 unspecified atom stereocenters. The second kappa shape index (κ2) is 8.13. The molecule has 3 aromatic rings. The number of carbonyl (C=O) groups is 1. The van der Waals surface area contributed by atoms with Crippen molar-refractivity contribution in [1.29, 1.82) is 5.26 Å². The van der Waals surface area contributed by atoms with Gasteiger partial charge in [0.15, 0.2) is 0 Å². The Hall–Kier alpha value is -2.69. The number of rotatable bonds is 6. The molecule has 1 aliphatic carbocycles. The third-order valence-corrected chi connectivity index (χ3v) is 6.07. The van der Waals surface area contributed by atoms with E-state index in [2.05, 4.69) is 16.0 Å². The summed E-state index contributed by atoms with van der Waals surface area (Å²) in [5.41, 5.74) is 3.17. The summed E-state index contributed by atoms with van der Waals surface area (Å²) in [4.78, 5) is 21.8. The van der Waals surface area contributed by atoms with Gasteiger partial charge in [0.1, 0.15) is 22.7 Å². The minimum Gasteiger partial charge on any atom is -0.456 e. The monoisotopic (exact) mass is 407 g/mol. The predicted octanol–water partition coefficient (Wildman–Crippen LogP) is 5.03. The lowest BCUT2D eigenvalue weighted by molar-refractivity contribution is 0.0467. The van der Waals surface area contributed by atoms with Gasteiger partial charge in [-0.2, -0.15) is 5.26 Å². The highest BCUT2D eigenvalue weighted by atomic mass is 32.2. The summed E-state index contributed by atoms with van der Waals surface area (Å²) in [5.74, 6) is -0.123. The fraction of sp³-hybridized carbons (Fsp3) is 0.238. The molecule has 1 saturated carbocycles. The average Bonchev–Trinajstić information content (AvgIpc) is 3.49. The van der Waals surface area contributed by atoms with Crippen LogP contribution in [0.1, 0.15) is 46.1 Å². The average molecular weight is 408 g/mol. The molecule has 0 atom stereocenters. The van der Waals surface area contributed by atoms with Crippen molar-refractivity contribution in [3.63, 3.8) is 0 Å². The first kappa shape index (κ1) is 18.7. The molecule has 0 bridgehead atoms. The molecule has 0 N–H and O–H groups in total. The van der Waals surface area contributed by atoms with Crippen LogP contribution in [-0.4, -0.2) is 22.2 Å². The van der Waals surface area contributed by atoms with Crippen LogP contribution in [0.3, 0.4) is 0 Å². The number of thioether (sulfide) groups is 1. The van der Waals surface area contributed by atoms with Crippen LogP contribution in [0.25, 0.3) is 10.6 Å². The van der Waals surface area contributed by atoms with Crippen LogP contribution in [0, 0.1) is 11.3 Å². The maximum Gasteiger partial charge on any atom is 0.340 e. The van der Waals surface area contributed by atoms with Crippen LogP contribution in [-0.2, 0) is 11.3 Å². The van der Waals surface area contributed by atoms with Crippen LogP contribution in [0.2, 0.25) is 0 Å². The van der Waals surface area contributed by atoms with E-state index in [1.165, 1.54) is 23.1 Å². The topological polar surface area (TPSA) is 75.9 Å². The smallest absolute Gasteiger partial charge is 0.340 e. The fourth-order valence-electron chi connectivity index (χ4n) is 2.85. The van der Waals surface area contributed by atoms with Gasteiger partial charge in [-0.25, -0.2) is 14.8 Å². The van der Waals surface area contributed by atoms with Gasteiger partial charge in [0, 0.05) is 22.6 Å². The van der Waals surface area contributed by atoms with E-state index in [9.17, 15) is 10.1 Å². The Balaban J connectivity index is 1.52. The number of pyridine rings is 1. The summed E-state index contributed by atoms with van der Waals surface area (Å²) < 4.78 is 5.48. The molecule has 1 aromatic carbocycles. The molecule has 5 nitrogen and oxygen atoms in total. The van der Waals surface area contributed by atoms with Crippen LogP contribution in [0.15, 0.2) is 46.8 Å². The highest BCUT2D eigenvalue weighted by molar-refractivity contribution is 7.98. The number of carbonyl (C=O) groups excluding carboxylic acids is 1. The van der Waals surface area contributed by atoms with E-state index in [4.69, 9.17) is 4.74 Å². The Kier molecular flexibility index (Phi) is 5.42. The molecular weight excluding hydrogens is 390 g/mol. The highest BCUT2D eigenvalue weighted by Gasteiger charge is 2.29. The predicted molar refractivity (Wildman–Crippen MR) is 109 cm³/mol. The van der Waals surface area contributed by atoms with Crippen molar-refractivity contribution >= 4 is 29.1 Å². The van der Waals surface area contributed by atoms with Gasteiger partial charge in [-0.3, -0.25) is 0 Å². The number of esters is 1. The third-order valence-electron chi connectivity index (χ3n) is 4.45. The van der Waals surface area contributed by atoms with Crippen molar-refractivity contribution in [3.8, 4) is 16.6 Å². The van der Waals surface area contributed by atoms with Crippen molar-refractivity contribution in [1.82, 2.24) is 9.97 Å². The zero-order valence-corrected chi connectivity index (χ0v) is 16.8. The van der Waals surface area contributed by atoms with Gasteiger partial charge >= 0.3 is 5.97 Å². The number of benzene rings is 1. The molecule has 0 saturated heterocycles. The summed E-state index contributed by atoms with van der Waals surface area (Å²) in [6, 6.07) is 13.7. The van der Waals surface area contributed by atoms with Crippen molar-refractivity contribution in [2.24, 2.45) is 0 Å². The second-order valence-corrected chi connectivity index (χ2v) is 8.10. The van der Waals surface area contributed by atoms with Gasteiger partial charge in [0.05, 0.1) is 16.8 Å². The van der Waals surface area contributed by atoms with Crippen molar-refractivity contribution in [2.45, 2.75) is 30.4 Å². The molecule has 7 heteroatoms. The van der Waals surface area contributed by atoms with Crippen LogP contribution < -0.4 is 0 Å². The van der Waals surface area contributed by atoms with Gasteiger partial charge < -0.3 is 4.74 Å². The Bertz CT molecular complexity index is 1050. The first-order valence-electron chi connectivity index (χ1n) is 8.85. The van der Waals surface area contributed by atoms with E-state index >= 15 is 0 Å². The van der Waals surface area contributed by atoms with Crippen molar-refractivity contribution in [3.05, 3.63) is 64.3 Å². The van der Waals surface area contributed by atoms with Gasteiger partial charge in [-0.1, -0.05) is 30.3 Å². The molecule has 0 amide bonds. The quantitative estimate of drug-likeness (QED) is 0.421. The van der Waals surface area contributed by atoms with Gasteiger partial charge in [-0.15, -0.1) is 23.1 Å². The molecule has 0 aliphatic heterocycles. The molecule has 0 radical (unpaired) electrons. The normalized spacial score (nSPS) is 13.1. The Morgan fingerprint density at radius 1 is 1.32 bits per heavy atom. The van der Waals surface area contributed by atoms with Crippen molar-refractivity contribution < 1.29 is 9.53 Å². The number of thiazole rings is 1. The molecule has 0 spiro atoms. The Morgan fingerprint density at radius 3 is 2.79 bits per heavy atom. The molecule has 140 valence electrons. The molecule has 1 fully saturated rings. The maximum absolute atomic E-state index is 12.7. The fourth-order valence-corrected chi connectivity index (χ4v) is 4.22. The summed E-state index contributed by atoms with van der Waals surface area (Å²) in [5, 5.41) is 12.9. The van der Waals surface area contributed by atoms with Crippen molar-refractivity contribution in [2.75, 3.05) is 6.26 Å². The molecular formula is C21H17N3O2S2. The first-order valence-corrected chi connectivity index (χ1v) is 11.0. The Morgan fingerprint density at radius 2 is 2.11 bits per heavy atom. The SMILES string of the molecule is CSc1nc(C2CC2)cc(C(=O)OCc2csc(-c3ccccc3)n2)c1C#N. The molecule has 28 heavy (non-hydrogen) atoms. The number of nitrogens with zero attached hydrogens (tertiary/aromatic N) is 3. The van der Waals surface area contributed by atoms with Crippen LogP contribution >= 0.6 is 23.1 Å². The molecule has 4 rings (SSSR count). The number of ether oxygens (including phenoxy) is 1. The van der Waals surface area contributed by atoms with E-state index in [1.54, 1.807) is 6.07 Å². The number of hydrogen-bond acceptors (Lipinski definition) is 7. The van der Waals surface area contributed by atoms with E-state index in [0.29, 0.717) is 22.2 Å². The van der Waals surface area contributed by atoms with E-state index < -0.39 is 5.97 Å². The largest absolute Gasteiger partial charge is 0.456 e. The summed E-state index contributed by atoms with van der Waals surface area (Å²) in [6.45, 7) is 0.0721. The first-order chi connectivity index (χ1) is 13.7. The lowest BCUT2D eigenvalue weighted by Crippen LogP contribution is -2.10. The lowest BCUT2D eigenvalue weighted by atomic mass is 10.1. The standard InChI is InChI=1S/C21H17N3O2S2/c1-27-20-17(10-22)16(9-18(24-20)13-7-8-13)21(25)26-11-15-12-28-19(23-15)14-5-3-2-4-6-14/h2-6,9,12-13H,7-8,11H2,1H3. The van der Waals surface area contributed by atoms with Crippen LogP contribution in [0.5, 0.6) is 0 Å². The second-order valence-electron chi connectivity index (χ2n) is 6.45. The third kappa shape index (κ3) is 3.93. The number of aromatic nitrogens is 2. The summed E-state index contributed by atoms with van der Waals surface area (Å²) in [6.07, 6.45) is 4.00. The minimum absolute atomic E-state index is 0.0721. The highest BCUT2D eigenvalue weighted by Crippen LogP contribution is 2.40. The van der Waals surface area contributed by atoms with Crippen LogP contribution in [0.4, 0.5) is 0 Å². The molecule has 2 heterocycles. The Labute approximate surface area is 171 Å². The lowest BCUT2D eigenvalue weighted by Gasteiger charge is -2.10. The summed E-state index contributed by atoms with van der Waals surface area (Å²) in [7, 11) is 0. The maximum atomic E-state index is 12.7. The minimum atomic E-state index is -0.509. The van der Waals surface area contributed by atoms with E-state index in [1.807, 2.05) is 42.0 Å². The van der Waals surface area contributed by atoms with Gasteiger partial charge in [-0.05, 0) is 25.2 Å². The molecule has 1 aliphatic rings. The van der Waals surface area contributed by atoms with E-state index in [-0.39, 0.29) is 12.2 Å². The van der Waals surface area contributed by atoms with Gasteiger partial charge in [0.2, 0.25) is 0 Å². The zero-order valence-electron chi connectivity index (χ0n) is 15.2. The molecule has 2 aromatic heterocycles. The number of nitriles is 1.